The van der Waals surface area contributed by atoms with E-state index < -0.39 is 0 Å². The van der Waals surface area contributed by atoms with E-state index in [2.05, 4.69) is 42.4 Å². The Bertz CT molecular complexity index is 1040. The number of nitrogens with zero attached hydrogens (tertiary/aromatic N) is 6. The molecule has 31 heavy (non-hydrogen) atoms. The van der Waals surface area contributed by atoms with Gasteiger partial charge < -0.3 is 4.98 Å². The standard InChI is InChI=1S/C23H29N7O/c31-21-16-19(10-11-24-21)22(29-13-5-12-28(14-15-29)20-8-4-9-20)23-25-26-27-30(23)17-18-6-2-1-3-7-18/h1-3,6-7,10-11,16,20,22H,4-5,8-9,12-15,17H2,(H,24,31). The Kier molecular flexibility index (Phi) is 5.90. The molecule has 2 aliphatic rings. The summed E-state index contributed by atoms with van der Waals surface area (Å²) in [5.41, 5.74) is 1.98. The predicted molar refractivity (Wildman–Crippen MR) is 118 cm³/mol. The van der Waals surface area contributed by atoms with Crippen molar-refractivity contribution in [2.75, 3.05) is 26.2 Å². The third-order valence-corrected chi connectivity index (χ3v) is 6.62. The van der Waals surface area contributed by atoms with Crippen LogP contribution in [0.4, 0.5) is 0 Å². The molecular formula is C23H29N7O. The van der Waals surface area contributed by atoms with E-state index in [1.165, 1.54) is 19.3 Å². The molecule has 2 aromatic heterocycles. The van der Waals surface area contributed by atoms with Gasteiger partial charge in [0.1, 0.15) is 0 Å². The number of nitrogens with one attached hydrogen (secondary N) is 1. The van der Waals surface area contributed by atoms with Crippen LogP contribution in [0.3, 0.4) is 0 Å². The number of H-pyrrole nitrogens is 1. The van der Waals surface area contributed by atoms with E-state index in [0.717, 1.165) is 55.6 Å². The maximum Gasteiger partial charge on any atom is 0.248 e. The monoisotopic (exact) mass is 419 g/mol. The summed E-state index contributed by atoms with van der Waals surface area (Å²) in [5.74, 6) is 0.784. The molecule has 1 saturated carbocycles. The third kappa shape index (κ3) is 4.45. The highest BCUT2D eigenvalue weighted by molar-refractivity contribution is 5.23. The molecule has 8 nitrogen and oxygen atoms in total. The van der Waals surface area contributed by atoms with Gasteiger partial charge in [-0.15, -0.1) is 5.10 Å². The molecular weight excluding hydrogens is 390 g/mol. The van der Waals surface area contributed by atoms with E-state index in [1.54, 1.807) is 12.3 Å². The zero-order valence-corrected chi connectivity index (χ0v) is 17.7. The summed E-state index contributed by atoms with van der Waals surface area (Å²) in [5, 5.41) is 12.7. The second kappa shape index (κ2) is 9.11. The molecule has 1 atom stereocenters. The third-order valence-electron chi connectivity index (χ3n) is 6.62. The second-order valence-corrected chi connectivity index (χ2v) is 8.58. The molecule has 2 fully saturated rings. The van der Waals surface area contributed by atoms with Crippen molar-refractivity contribution in [2.45, 2.75) is 44.3 Å². The molecule has 0 radical (unpaired) electrons. The van der Waals surface area contributed by atoms with Gasteiger partial charge in [-0.2, -0.15) is 0 Å². The molecule has 1 aromatic carbocycles. The Labute approximate surface area is 181 Å². The highest BCUT2D eigenvalue weighted by Crippen LogP contribution is 2.30. The molecule has 0 bridgehead atoms. The fourth-order valence-electron chi connectivity index (χ4n) is 4.76. The lowest BCUT2D eigenvalue weighted by atomic mass is 9.91. The highest BCUT2D eigenvalue weighted by atomic mass is 16.1. The smallest absolute Gasteiger partial charge is 0.248 e. The van der Waals surface area contributed by atoms with Gasteiger partial charge in [-0.1, -0.05) is 36.8 Å². The van der Waals surface area contributed by atoms with Crippen molar-refractivity contribution < 1.29 is 0 Å². The van der Waals surface area contributed by atoms with Crippen molar-refractivity contribution in [3.05, 3.63) is 76.0 Å². The van der Waals surface area contributed by atoms with Crippen LogP contribution in [0, 0.1) is 0 Å². The van der Waals surface area contributed by atoms with Crippen molar-refractivity contribution in [3.63, 3.8) is 0 Å². The molecule has 1 aliphatic heterocycles. The molecule has 1 aliphatic carbocycles. The van der Waals surface area contributed by atoms with E-state index in [1.807, 2.05) is 28.9 Å². The first-order valence-electron chi connectivity index (χ1n) is 11.2. The van der Waals surface area contributed by atoms with Gasteiger partial charge in [0, 0.05) is 37.9 Å². The maximum atomic E-state index is 12.1. The average Bonchev–Trinajstić information content (AvgIpc) is 3.05. The largest absolute Gasteiger partial charge is 0.329 e. The lowest BCUT2D eigenvalue weighted by molar-refractivity contribution is 0.127. The summed E-state index contributed by atoms with van der Waals surface area (Å²) in [6, 6.07) is 14.5. The fourth-order valence-corrected chi connectivity index (χ4v) is 4.76. The Morgan fingerprint density at radius 2 is 1.90 bits per heavy atom. The minimum atomic E-state index is -0.151. The van der Waals surface area contributed by atoms with Gasteiger partial charge in [-0.05, 0) is 53.4 Å². The number of aromatic nitrogens is 5. The molecule has 3 aromatic rings. The molecule has 1 saturated heterocycles. The van der Waals surface area contributed by atoms with Crippen LogP contribution in [0.5, 0.6) is 0 Å². The topological polar surface area (TPSA) is 82.9 Å². The summed E-state index contributed by atoms with van der Waals surface area (Å²) in [7, 11) is 0. The summed E-state index contributed by atoms with van der Waals surface area (Å²) < 4.78 is 1.87. The molecule has 5 rings (SSSR count). The lowest BCUT2D eigenvalue weighted by Crippen LogP contribution is -2.42. The van der Waals surface area contributed by atoms with Gasteiger partial charge in [0.05, 0.1) is 12.6 Å². The van der Waals surface area contributed by atoms with E-state index >= 15 is 0 Å². The average molecular weight is 420 g/mol. The molecule has 162 valence electrons. The van der Waals surface area contributed by atoms with Gasteiger partial charge >= 0.3 is 0 Å². The maximum absolute atomic E-state index is 12.1. The lowest BCUT2D eigenvalue weighted by Gasteiger charge is -2.37. The van der Waals surface area contributed by atoms with Crippen molar-refractivity contribution >= 4 is 0 Å². The van der Waals surface area contributed by atoms with Crippen LogP contribution < -0.4 is 5.56 Å². The van der Waals surface area contributed by atoms with Crippen LogP contribution in [0.15, 0.2) is 53.5 Å². The summed E-state index contributed by atoms with van der Waals surface area (Å²) in [6.45, 7) is 4.68. The van der Waals surface area contributed by atoms with E-state index in [4.69, 9.17) is 0 Å². The number of benzene rings is 1. The van der Waals surface area contributed by atoms with Crippen LogP contribution in [-0.2, 0) is 6.54 Å². The van der Waals surface area contributed by atoms with Gasteiger partial charge in [-0.25, -0.2) is 4.68 Å². The predicted octanol–water partition coefficient (Wildman–Crippen LogP) is 2.06. The van der Waals surface area contributed by atoms with E-state index in [-0.39, 0.29) is 11.6 Å². The van der Waals surface area contributed by atoms with Gasteiger partial charge in [0.25, 0.3) is 0 Å². The molecule has 3 heterocycles. The Morgan fingerprint density at radius 1 is 1.03 bits per heavy atom. The van der Waals surface area contributed by atoms with Crippen LogP contribution in [-0.4, -0.2) is 67.2 Å². The number of hydrogen-bond acceptors (Lipinski definition) is 6. The van der Waals surface area contributed by atoms with Crippen LogP contribution in [0.1, 0.15) is 48.7 Å². The Balaban J connectivity index is 1.46. The first kappa shape index (κ1) is 20.1. The SMILES string of the molecule is O=c1cc(C(c2nnnn2Cc2ccccc2)N2CCCN(C3CCC3)CC2)cc[nH]1. The number of pyridine rings is 1. The Hall–Kier alpha value is -2.84. The summed E-state index contributed by atoms with van der Waals surface area (Å²) >= 11 is 0. The normalized spacial score (nSPS) is 19.6. The van der Waals surface area contributed by atoms with Crippen molar-refractivity contribution in [2.24, 2.45) is 0 Å². The van der Waals surface area contributed by atoms with Crippen molar-refractivity contribution in [1.82, 2.24) is 35.0 Å². The molecule has 8 heteroatoms. The van der Waals surface area contributed by atoms with Crippen LogP contribution in [0.2, 0.25) is 0 Å². The number of tetrazole rings is 1. The summed E-state index contributed by atoms with van der Waals surface area (Å²) in [6.07, 6.45) is 6.83. The molecule has 0 spiro atoms. The minimum Gasteiger partial charge on any atom is -0.329 e. The molecule has 1 unspecified atom stereocenters. The Morgan fingerprint density at radius 3 is 2.68 bits per heavy atom. The minimum absolute atomic E-state index is 0.101. The number of aromatic amines is 1. The second-order valence-electron chi connectivity index (χ2n) is 8.58. The summed E-state index contributed by atoms with van der Waals surface area (Å²) in [4.78, 5) is 20.0. The highest BCUT2D eigenvalue weighted by Gasteiger charge is 2.32. The fraction of sp³-hybridized carbons (Fsp3) is 0.478. The van der Waals surface area contributed by atoms with E-state index in [9.17, 15) is 4.79 Å². The molecule has 1 N–H and O–H groups in total. The van der Waals surface area contributed by atoms with Gasteiger partial charge in [0.15, 0.2) is 5.82 Å². The first-order valence-corrected chi connectivity index (χ1v) is 11.2. The van der Waals surface area contributed by atoms with Crippen LogP contribution >= 0.6 is 0 Å². The van der Waals surface area contributed by atoms with Crippen LogP contribution in [0.25, 0.3) is 0 Å². The first-order chi connectivity index (χ1) is 15.3. The molecule has 0 amide bonds. The van der Waals surface area contributed by atoms with Gasteiger partial charge in [-0.3, -0.25) is 14.6 Å². The quantitative estimate of drug-likeness (QED) is 0.659. The van der Waals surface area contributed by atoms with Crippen molar-refractivity contribution in [3.8, 4) is 0 Å². The number of rotatable bonds is 6. The zero-order valence-electron chi connectivity index (χ0n) is 17.7. The van der Waals surface area contributed by atoms with E-state index in [0.29, 0.717) is 6.54 Å². The van der Waals surface area contributed by atoms with Crippen molar-refractivity contribution in [1.29, 1.82) is 0 Å². The zero-order chi connectivity index (χ0) is 21.0. The van der Waals surface area contributed by atoms with Gasteiger partial charge in [0.2, 0.25) is 5.56 Å². The number of hydrogen-bond donors (Lipinski definition) is 1.